The molecule has 0 spiro atoms. The maximum Gasteiger partial charge on any atom is 0.319 e. The van der Waals surface area contributed by atoms with E-state index >= 15 is 0 Å². The third kappa shape index (κ3) is 3.77. The van der Waals surface area contributed by atoms with Gasteiger partial charge in [-0.25, -0.2) is 9.18 Å². The molecule has 4 nitrogen and oxygen atoms in total. The molecular weight excluding hydrogens is 245 g/mol. The first-order chi connectivity index (χ1) is 9.15. The average molecular weight is 259 g/mol. The van der Waals surface area contributed by atoms with Crippen LogP contribution in [0.5, 0.6) is 0 Å². The summed E-state index contributed by atoms with van der Waals surface area (Å²) in [6, 6.07) is 7.48. The number of carbonyl (C=O) groups is 1. The molecule has 1 heterocycles. The van der Waals surface area contributed by atoms with Gasteiger partial charge in [-0.3, -0.25) is 4.98 Å². The second-order valence-corrected chi connectivity index (χ2v) is 4.12. The zero-order valence-electron chi connectivity index (χ0n) is 10.5. The van der Waals surface area contributed by atoms with Gasteiger partial charge in [0.15, 0.2) is 0 Å². The number of urea groups is 1. The largest absolute Gasteiger partial charge is 0.334 e. The maximum absolute atomic E-state index is 12.7. The monoisotopic (exact) mass is 259 g/mol. The van der Waals surface area contributed by atoms with Crippen molar-refractivity contribution in [3.8, 4) is 0 Å². The van der Waals surface area contributed by atoms with Crippen molar-refractivity contribution < 1.29 is 9.18 Å². The highest BCUT2D eigenvalue weighted by atomic mass is 19.1. The third-order valence-corrected chi connectivity index (χ3v) is 2.65. The molecule has 0 bridgehead atoms. The van der Waals surface area contributed by atoms with Crippen molar-refractivity contribution in [3.63, 3.8) is 0 Å². The molecule has 0 fully saturated rings. The minimum absolute atomic E-state index is 0.292. The first kappa shape index (κ1) is 13.0. The molecule has 1 aromatic carbocycles. The molecular formula is C14H14FN3O. The standard InChI is InChI=1S/C14H14FN3O/c1-10-6-7-16-9-13(10)18-14(19)17-8-11-2-4-12(15)5-3-11/h2-7,9H,8H2,1H3,(H2,17,18,19). The lowest BCUT2D eigenvalue weighted by Gasteiger charge is -2.09. The van der Waals surface area contributed by atoms with Gasteiger partial charge in [0.2, 0.25) is 0 Å². The predicted octanol–water partition coefficient (Wildman–Crippen LogP) is 2.85. The Kier molecular flexibility index (Phi) is 4.07. The molecule has 0 aliphatic carbocycles. The highest BCUT2D eigenvalue weighted by Crippen LogP contribution is 2.10. The van der Waals surface area contributed by atoms with Crippen molar-refractivity contribution in [2.45, 2.75) is 13.5 Å². The quantitative estimate of drug-likeness (QED) is 0.890. The van der Waals surface area contributed by atoms with Crippen molar-refractivity contribution in [2.24, 2.45) is 0 Å². The van der Waals surface area contributed by atoms with E-state index in [2.05, 4.69) is 15.6 Å². The number of aryl methyl sites for hydroxylation is 1. The fourth-order valence-corrected chi connectivity index (χ4v) is 1.55. The fourth-order valence-electron chi connectivity index (χ4n) is 1.55. The van der Waals surface area contributed by atoms with Crippen molar-refractivity contribution in [1.82, 2.24) is 10.3 Å². The second kappa shape index (κ2) is 5.95. The second-order valence-electron chi connectivity index (χ2n) is 4.12. The number of pyridine rings is 1. The SMILES string of the molecule is Cc1ccncc1NC(=O)NCc1ccc(F)cc1. The molecule has 5 heteroatoms. The summed E-state index contributed by atoms with van der Waals surface area (Å²) in [7, 11) is 0. The van der Waals surface area contributed by atoms with E-state index < -0.39 is 0 Å². The summed E-state index contributed by atoms with van der Waals surface area (Å²) in [4.78, 5) is 15.6. The molecule has 2 aromatic rings. The maximum atomic E-state index is 12.7. The highest BCUT2D eigenvalue weighted by Gasteiger charge is 2.04. The van der Waals surface area contributed by atoms with Gasteiger partial charge in [0.25, 0.3) is 0 Å². The van der Waals surface area contributed by atoms with Crippen LogP contribution < -0.4 is 10.6 Å². The van der Waals surface area contributed by atoms with Crippen molar-refractivity contribution in [1.29, 1.82) is 0 Å². The molecule has 0 saturated heterocycles. The van der Waals surface area contributed by atoms with Gasteiger partial charge < -0.3 is 10.6 Å². The van der Waals surface area contributed by atoms with E-state index in [1.165, 1.54) is 12.1 Å². The smallest absolute Gasteiger partial charge is 0.319 e. The lowest BCUT2D eigenvalue weighted by molar-refractivity contribution is 0.251. The number of nitrogens with zero attached hydrogens (tertiary/aromatic N) is 1. The summed E-state index contributed by atoms with van der Waals surface area (Å²) < 4.78 is 12.7. The van der Waals surface area contributed by atoms with Crippen LogP contribution in [-0.4, -0.2) is 11.0 Å². The van der Waals surface area contributed by atoms with Crippen LogP contribution in [0.25, 0.3) is 0 Å². The number of amides is 2. The van der Waals surface area contributed by atoms with Crippen LogP contribution in [0.2, 0.25) is 0 Å². The van der Waals surface area contributed by atoms with Gasteiger partial charge >= 0.3 is 6.03 Å². The van der Waals surface area contributed by atoms with Crippen LogP contribution in [-0.2, 0) is 6.54 Å². The Morgan fingerprint density at radius 2 is 2.00 bits per heavy atom. The molecule has 0 saturated carbocycles. The molecule has 0 atom stereocenters. The van der Waals surface area contributed by atoms with E-state index in [1.54, 1.807) is 24.5 Å². The highest BCUT2D eigenvalue weighted by molar-refractivity contribution is 5.89. The zero-order chi connectivity index (χ0) is 13.7. The number of carbonyl (C=O) groups excluding carboxylic acids is 1. The summed E-state index contributed by atoms with van der Waals surface area (Å²) >= 11 is 0. The Morgan fingerprint density at radius 1 is 1.26 bits per heavy atom. The van der Waals surface area contributed by atoms with Gasteiger partial charge in [0, 0.05) is 12.7 Å². The summed E-state index contributed by atoms with van der Waals surface area (Å²) in [6.45, 7) is 2.22. The summed E-state index contributed by atoms with van der Waals surface area (Å²) in [6.07, 6.45) is 3.25. The van der Waals surface area contributed by atoms with Crippen LogP contribution in [0.15, 0.2) is 42.7 Å². The Bertz CT molecular complexity index is 569. The Morgan fingerprint density at radius 3 is 2.68 bits per heavy atom. The van der Waals surface area contributed by atoms with Gasteiger partial charge in [-0.1, -0.05) is 12.1 Å². The van der Waals surface area contributed by atoms with E-state index in [4.69, 9.17) is 0 Å². The lowest BCUT2D eigenvalue weighted by atomic mass is 10.2. The van der Waals surface area contributed by atoms with Crippen LogP contribution in [0.3, 0.4) is 0 Å². The Balaban J connectivity index is 1.88. The molecule has 2 rings (SSSR count). The van der Waals surface area contributed by atoms with Gasteiger partial charge in [-0.2, -0.15) is 0 Å². The van der Waals surface area contributed by atoms with Gasteiger partial charge in [0.1, 0.15) is 5.82 Å². The van der Waals surface area contributed by atoms with E-state index in [0.717, 1.165) is 11.1 Å². The first-order valence-corrected chi connectivity index (χ1v) is 5.85. The number of nitrogens with one attached hydrogen (secondary N) is 2. The van der Waals surface area contributed by atoms with E-state index in [-0.39, 0.29) is 11.8 Å². The number of hydrogen-bond acceptors (Lipinski definition) is 2. The van der Waals surface area contributed by atoms with Crippen LogP contribution >= 0.6 is 0 Å². The summed E-state index contributed by atoms with van der Waals surface area (Å²) in [5.74, 6) is -0.292. The van der Waals surface area contributed by atoms with Crippen molar-refractivity contribution >= 4 is 11.7 Å². The van der Waals surface area contributed by atoms with E-state index in [1.807, 2.05) is 13.0 Å². The van der Waals surface area contributed by atoms with Gasteiger partial charge in [-0.15, -0.1) is 0 Å². The molecule has 0 radical (unpaired) electrons. The normalized spacial score (nSPS) is 10.0. The molecule has 0 aliphatic rings. The molecule has 2 amide bonds. The predicted molar refractivity (Wildman–Crippen MR) is 71.2 cm³/mol. The van der Waals surface area contributed by atoms with Crippen LogP contribution in [0, 0.1) is 12.7 Å². The molecule has 2 N–H and O–H groups in total. The first-order valence-electron chi connectivity index (χ1n) is 5.85. The van der Waals surface area contributed by atoms with Gasteiger partial charge in [-0.05, 0) is 36.2 Å². The summed E-state index contributed by atoms with van der Waals surface area (Å²) in [5, 5.41) is 5.40. The van der Waals surface area contributed by atoms with E-state index in [9.17, 15) is 9.18 Å². The number of rotatable bonds is 3. The van der Waals surface area contributed by atoms with Crippen molar-refractivity contribution in [2.75, 3.05) is 5.32 Å². The van der Waals surface area contributed by atoms with Crippen LogP contribution in [0.1, 0.15) is 11.1 Å². The average Bonchev–Trinajstić information content (AvgIpc) is 2.41. The molecule has 98 valence electrons. The van der Waals surface area contributed by atoms with Gasteiger partial charge in [0.05, 0.1) is 11.9 Å². The summed E-state index contributed by atoms with van der Waals surface area (Å²) in [5.41, 5.74) is 2.44. The minimum Gasteiger partial charge on any atom is -0.334 e. The minimum atomic E-state index is -0.319. The molecule has 0 aliphatic heterocycles. The molecule has 1 aromatic heterocycles. The number of halogens is 1. The van der Waals surface area contributed by atoms with Crippen molar-refractivity contribution in [3.05, 3.63) is 59.7 Å². The van der Waals surface area contributed by atoms with Crippen LogP contribution in [0.4, 0.5) is 14.9 Å². The third-order valence-electron chi connectivity index (χ3n) is 2.65. The molecule has 19 heavy (non-hydrogen) atoms. The molecule has 0 unspecified atom stereocenters. The number of benzene rings is 1. The Hall–Kier alpha value is -2.43. The zero-order valence-corrected chi connectivity index (χ0v) is 10.5. The topological polar surface area (TPSA) is 54.0 Å². The number of aromatic nitrogens is 1. The Labute approximate surface area is 110 Å². The van der Waals surface area contributed by atoms with E-state index in [0.29, 0.717) is 12.2 Å². The number of anilines is 1. The fraction of sp³-hybridized carbons (Fsp3) is 0.143. The lowest BCUT2D eigenvalue weighted by Crippen LogP contribution is -2.28. The number of hydrogen-bond donors (Lipinski definition) is 2.